The lowest BCUT2D eigenvalue weighted by atomic mass is 10.2. The highest BCUT2D eigenvalue weighted by atomic mass is 32.1. The zero-order valence-electron chi connectivity index (χ0n) is 9.98. The molecule has 0 fully saturated rings. The summed E-state index contributed by atoms with van der Waals surface area (Å²) in [7, 11) is 0. The molecule has 0 aliphatic rings. The van der Waals surface area contributed by atoms with Gasteiger partial charge in [0.05, 0.1) is 5.56 Å². The topological polar surface area (TPSA) is 72.2 Å². The second-order valence-electron chi connectivity index (χ2n) is 3.96. The van der Waals surface area contributed by atoms with Crippen molar-refractivity contribution in [2.24, 2.45) is 0 Å². The highest BCUT2D eigenvalue weighted by Gasteiger charge is 2.07. The summed E-state index contributed by atoms with van der Waals surface area (Å²) >= 11 is 1.54. The molecular formula is C12H11N5OS. The average molecular weight is 273 g/mol. The maximum atomic E-state index is 11.8. The van der Waals surface area contributed by atoms with Crippen molar-refractivity contribution in [3.05, 3.63) is 47.5 Å². The number of hydrogen-bond donors (Lipinski definition) is 1. The Morgan fingerprint density at radius 3 is 3.26 bits per heavy atom. The minimum atomic E-state index is -0.108. The average Bonchev–Trinajstić information content (AvgIpc) is 3.04. The Morgan fingerprint density at radius 1 is 1.47 bits per heavy atom. The van der Waals surface area contributed by atoms with Crippen molar-refractivity contribution in [1.82, 2.24) is 24.9 Å². The predicted octanol–water partition coefficient (Wildman–Crippen LogP) is 1.16. The molecule has 3 aromatic rings. The first-order chi connectivity index (χ1) is 9.34. The van der Waals surface area contributed by atoms with E-state index in [4.69, 9.17) is 0 Å². The van der Waals surface area contributed by atoms with E-state index in [1.54, 1.807) is 42.2 Å². The standard InChI is InChI=1S/C12H11N5OS/c18-11(9-2-1-4-13-6-9)14-5-3-10-7-19-12-16-15-8-17(10)12/h1-2,4,6-8H,3,5H2,(H,14,18). The van der Waals surface area contributed by atoms with Gasteiger partial charge in [-0.1, -0.05) is 0 Å². The second kappa shape index (κ2) is 5.15. The van der Waals surface area contributed by atoms with Crippen LogP contribution >= 0.6 is 11.3 Å². The van der Waals surface area contributed by atoms with Crippen molar-refractivity contribution < 1.29 is 4.79 Å². The molecular weight excluding hydrogens is 262 g/mol. The van der Waals surface area contributed by atoms with E-state index in [9.17, 15) is 4.79 Å². The fourth-order valence-corrected chi connectivity index (χ4v) is 2.61. The van der Waals surface area contributed by atoms with Crippen LogP contribution in [0.1, 0.15) is 16.1 Å². The van der Waals surface area contributed by atoms with Gasteiger partial charge in [-0.25, -0.2) is 0 Å². The number of pyridine rings is 1. The van der Waals surface area contributed by atoms with Crippen LogP contribution in [0.3, 0.4) is 0 Å². The number of rotatable bonds is 4. The molecule has 1 N–H and O–H groups in total. The summed E-state index contributed by atoms with van der Waals surface area (Å²) < 4.78 is 1.93. The van der Waals surface area contributed by atoms with E-state index in [0.29, 0.717) is 12.1 Å². The number of thiazole rings is 1. The molecule has 19 heavy (non-hydrogen) atoms. The van der Waals surface area contributed by atoms with Gasteiger partial charge in [0.25, 0.3) is 5.91 Å². The second-order valence-corrected chi connectivity index (χ2v) is 4.79. The lowest BCUT2D eigenvalue weighted by molar-refractivity contribution is 0.0953. The quantitative estimate of drug-likeness (QED) is 0.774. The summed E-state index contributed by atoms with van der Waals surface area (Å²) in [6.45, 7) is 0.567. The first-order valence-electron chi connectivity index (χ1n) is 5.79. The molecule has 0 saturated carbocycles. The van der Waals surface area contributed by atoms with Crippen LogP contribution in [0, 0.1) is 0 Å². The van der Waals surface area contributed by atoms with Crippen molar-refractivity contribution in [1.29, 1.82) is 0 Å². The van der Waals surface area contributed by atoms with Crippen LogP contribution < -0.4 is 5.32 Å². The van der Waals surface area contributed by atoms with Crippen LogP contribution in [0.2, 0.25) is 0 Å². The number of amides is 1. The van der Waals surface area contributed by atoms with Gasteiger partial charge in [0.1, 0.15) is 6.33 Å². The minimum absolute atomic E-state index is 0.108. The zero-order chi connectivity index (χ0) is 13.1. The van der Waals surface area contributed by atoms with Gasteiger partial charge in [-0.05, 0) is 12.1 Å². The third-order valence-corrected chi connectivity index (χ3v) is 3.60. The first-order valence-corrected chi connectivity index (χ1v) is 6.67. The number of carbonyl (C=O) groups is 1. The Hall–Kier alpha value is -2.28. The molecule has 0 radical (unpaired) electrons. The predicted molar refractivity (Wildman–Crippen MR) is 71.1 cm³/mol. The van der Waals surface area contributed by atoms with Crippen LogP contribution in [0.5, 0.6) is 0 Å². The molecule has 0 saturated heterocycles. The lowest BCUT2D eigenvalue weighted by Gasteiger charge is -2.04. The fraction of sp³-hybridized carbons (Fsp3) is 0.167. The summed E-state index contributed by atoms with van der Waals surface area (Å²) in [4.78, 5) is 16.6. The van der Waals surface area contributed by atoms with E-state index < -0.39 is 0 Å². The summed E-state index contributed by atoms with van der Waals surface area (Å²) in [6, 6.07) is 3.49. The number of nitrogens with zero attached hydrogens (tertiary/aromatic N) is 4. The molecule has 3 aromatic heterocycles. The van der Waals surface area contributed by atoms with Crippen molar-refractivity contribution >= 4 is 22.2 Å². The summed E-state index contributed by atoms with van der Waals surface area (Å²) in [6.07, 6.45) is 5.62. The van der Waals surface area contributed by atoms with Gasteiger partial charge in [-0.15, -0.1) is 21.5 Å². The third kappa shape index (κ3) is 2.45. The van der Waals surface area contributed by atoms with E-state index in [0.717, 1.165) is 17.1 Å². The number of aromatic nitrogens is 4. The van der Waals surface area contributed by atoms with Crippen molar-refractivity contribution in [2.45, 2.75) is 6.42 Å². The molecule has 3 rings (SSSR count). The fourth-order valence-electron chi connectivity index (χ4n) is 1.76. The Bertz CT molecular complexity index is 690. The van der Waals surface area contributed by atoms with Crippen LogP contribution in [-0.4, -0.2) is 32.0 Å². The normalized spacial score (nSPS) is 10.7. The van der Waals surface area contributed by atoms with Crippen LogP contribution in [0.4, 0.5) is 0 Å². The maximum absolute atomic E-state index is 11.8. The van der Waals surface area contributed by atoms with Gasteiger partial charge in [-0.3, -0.25) is 14.2 Å². The van der Waals surface area contributed by atoms with Gasteiger partial charge in [0.2, 0.25) is 4.96 Å². The first kappa shape index (κ1) is 11.8. The molecule has 3 heterocycles. The molecule has 1 amide bonds. The van der Waals surface area contributed by atoms with E-state index in [-0.39, 0.29) is 5.91 Å². The van der Waals surface area contributed by atoms with Crippen molar-refractivity contribution in [3.8, 4) is 0 Å². The third-order valence-electron chi connectivity index (χ3n) is 2.72. The smallest absolute Gasteiger partial charge is 0.252 e. The monoisotopic (exact) mass is 273 g/mol. The number of hydrogen-bond acceptors (Lipinski definition) is 5. The summed E-state index contributed by atoms with van der Waals surface area (Å²) in [5.74, 6) is -0.108. The number of fused-ring (bicyclic) bond motifs is 1. The molecule has 0 unspecified atom stereocenters. The van der Waals surface area contributed by atoms with E-state index in [1.165, 1.54) is 0 Å². The summed E-state index contributed by atoms with van der Waals surface area (Å²) in [5.41, 5.74) is 1.67. The molecule has 7 heteroatoms. The highest BCUT2D eigenvalue weighted by Crippen LogP contribution is 2.13. The molecule has 96 valence electrons. The Labute approximate surface area is 113 Å². The van der Waals surface area contributed by atoms with Crippen LogP contribution in [0.25, 0.3) is 4.96 Å². The van der Waals surface area contributed by atoms with Crippen LogP contribution in [-0.2, 0) is 6.42 Å². The van der Waals surface area contributed by atoms with Crippen molar-refractivity contribution in [3.63, 3.8) is 0 Å². The molecule has 0 bridgehead atoms. The Balaban J connectivity index is 1.59. The molecule has 0 atom stereocenters. The number of carbonyl (C=O) groups excluding carboxylic acids is 1. The van der Waals surface area contributed by atoms with E-state index in [2.05, 4.69) is 20.5 Å². The van der Waals surface area contributed by atoms with Gasteiger partial charge >= 0.3 is 0 Å². The van der Waals surface area contributed by atoms with Gasteiger partial charge in [0, 0.05) is 36.4 Å². The number of nitrogens with one attached hydrogen (secondary N) is 1. The van der Waals surface area contributed by atoms with Gasteiger partial charge < -0.3 is 5.32 Å². The highest BCUT2D eigenvalue weighted by molar-refractivity contribution is 7.15. The Kier molecular flexibility index (Phi) is 3.20. The molecule has 0 aliphatic heterocycles. The maximum Gasteiger partial charge on any atom is 0.252 e. The molecule has 6 nitrogen and oxygen atoms in total. The van der Waals surface area contributed by atoms with E-state index >= 15 is 0 Å². The lowest BCUT2D eigenvalue weighted by Crippen LogP contribution is -2.25. The zero-order valence-corrected chi connectivity index (χ0v) is 10.8. The van der Waals surface area contributed by atoms with Gasteiger partial charge in [-0.2, -0.15) is 0 Å². The SMILES string of the molecule is O=C(NCCc1csc2nncn12)c1cccnc1. The molecule has 0 aliphatic carbocycles. The molecule has 0 aromatic carbocycles. The Morgan fingerprint density at radius 2 is 2.42 bits per heavy atom. The molecule has 0 spiro atoms. The van der Waals surface area contributed by atoms with Gasteiger partial charge in [0.15, 0.2) is 0 Å². The van der Waals surface area contributed by atoms with Crippen molar-refractivity contribution in [2.75, 3.05) is 6.54 Å². The largest absolute Gasteiger partial charge is 0.352 e. The summed E-state index contributed by atoms with van der Waals surface area (Å²) in [5, 5.41) is 12.7. The minimum Gasteiger partial charge on any atom is -0.352 e. The van der Waals surface area contributed by atoms with E-state index in [1.807, 2.05) is 9.78 Å². The van der Waals surface area contributed by atoms with Crippen LogP contribution in [0.15, 0.2) is 36.2 Å².